The van der Waals surface area contributed by atoms with Crippen LogP contribution in [0.25, 0.3) is 0 Å². The lowest BCUT2D eigenvalue weighted by Gasteiger charge is -2.43. The van der Waals surface area contributed by atoms with Gasteiger partial charge in [0.1, 0.15) is 19.8 Å². The third-order valence-electron chi connectivity index (χ3n) is 11.0. The molecule has 0 aliphatic carbocycles. The number of hydrogen-bond donors (Lipinski definition) is 6. The maximum atomic E-state index is 14.7. The van der Waals surface area contributed by atoms with E-state index in [1.54, 1.807) is 48.5 Å². The zero-order chi connectivity index (χ0) is 58.9. The zero-order valence-electron chi connectivity index (χ0n) is 40.3. The molecule has 6 N–H and O–H groups in total. The van der Waals surface area contributed by atoms with E-state index in [1.165, 1.54) is 24.3 Å². The van der Waals surface area contributed by atoms with Gasteiger partial charge in [-0.05, 0) is 60.0 Å². The molecular formula is C43H48F17N8O8S+. The van der Waals surface area contributed by atoms with Crippen LogP contribution in [-0.4, -0.2) is 142 Å². The SMILES string of the molecule is CCN(CCOC(=O)NCc1cccc(NC(=O)NCc2cccc(NC(=O)NCc3cccc(NC(=O)OCC[N+](C)(C)CC)c3)c2)c1)S(=O)(=O)C(F)(F)C(F)(F)C(F)(F)C(F)(F)C(F)(F)C(F)(F)C(F)(F)C(F)(F)F. The van der Waals surface area contributed by atoms with Crippen LogP contribution in [0.3, 0.4) is 0 Å². The fourth-order valence-electron chi connectivity index (χ4n) is 6.08. The van der Waals surface area contributed by atoms with Crippen molar-refractivity contribution < 1.29 is 116 Å². The van der Waals surface area contributed by atoms with Gasteiger partial charge >= 0.3 is 71.2 Å². The first-order valence-corrected chi connectivity index (χ1v) is 23.3. The van der Waals surface area contributed by atoms with E-state index in [0.29, 0.717) is 40.5 Å². The molecule has 0 bridgehead atoms. The standard InChI is InChI=1S/C43H47F17N8O8S/c1-5-67(77(73,74)43(59,60)41(54,55)39(50,51)37(46,47)36(44,45)38(48,49)40(52,53)42(56,57)58)16-18-75-34(71)63-25-28-12-8-14-30(21-28)65-32(69)61-23-26-10-7-13-29(20-26)64-33(70)62-24-27-11-9-15-31(22-27)66-35(72)76-19-17-68(3,4)6-2/h7-15,20-22H,5-6,16-19,23-25H2,1-4H3,(H5-,61,62,63,64,65,66,69,70,71,72)/p+1. The highest BCUT2D eigenvalue weighted by Gasteiger charge is 2.96. The van der Waals surface area contributed by atoms with Crippen molar-refractivity contribution in [1.29, 1.82) is 0 Å². The summed E-state index contributed by atoms with van der Waals surface area (Å²) in [4.78, 5) is 49.9. The fraction of sp³-hybridized carbons (Fsp3) is 0.488. The second kappa shape index (κ2) is 24.4. The molecule has 0 aliphatic heterocycles. The van der Waals surface area contributed by atoms with Crippen LogP contribution in [0.1, 0.15) is 30.5 Å². The number of sulfonamides is 1. The smallest absolute Gasteiger partial charge is 0.448 e. The number of ether oxygens (including phenoxy) is 2. The number of nitrogens with zero attached hydrogens (tertiary/aromatic N) is 2. The normalized spacial score (nSPS) is 13.4. The Morgan fingerprint density at radius 1 is 0.519 bits per heavy atom. The maximum absolute atomic E-state index is 14.7. The number of rotatable bonds is 25. The Hall–Kier alpha value is -6.58. The number of nitrogens with one attached hydrogen (secondary N) is 6. The van der Waals surface area contributed by atoms with Crippen molar-refractivity contribution in [2.24, 2.45) is 0 Å². The van der Waals surface area contributed by atoms with E-state index in [0.717, 1.165) is 6.54 Å². The van der Waals surface area contributed by atoms with Crippen LogP contribution < -0.4 is 31.9 Å². The minimum Gasteiger partial charge on any atom is -0.448 e. The van der Waals surface area contributed by atoms with Crippen LogP contribution in [0.4, 0.5) is 111 Å². The molecule has 34 heteroatoms. The van der Waals surface area contributed by atoms with Crippen LogP contribution in [0, 0.1) is 0 Å². The Bertz CT molecular complexity index is 2670. The summed E-state index contributed by atoms with van der Waals surface area (Å²) in [5.74, 6) is -52.5. The molecule has 77 heavy (non-hydrogen) atoms. The number of quaternary nitrogens is 1. The first-order chi connectivity index (χ1) is 35.2. The van der Waals surface area contributed by atoms with Crippen molar-refractivity contribution in [1.82, 2.24) is 20.3 Å². The number of carbonyl (C=O) groups is 4. The van der Waals surface area contributed by atoms with Crippen molar-refractivity contribution in [3.05, 3.63) is 89.5 Å². The molecule has 0 aliphatic rings. The van der Waals surface area contributed by atoms with E-state index in [2.05, 4.69) is 31.3 Å². The van der Waals surface area contributed by atoms with E-state index in [9.17, 15) is 102 Å². The summed E-state index contributed by atoms with van der Waals surface area (Å²) < 4.78 is 268. The summed E-state index contributed by atoms with van der Waals surface area (Å²) in [6.07, 6.45) is -10.2. The van der Waals surface area contributed by atoms with Crippen molar-refractivity contribution in [3.8, 4) is 0 Å². The Morgan fingerprint density at radius 3 is 1.30 bits per heavy atom. The van der Waals surface area contributed by atoms with E-state index in [-0.39, 0.29) is 30.9 Å². The summed E-state index contributed by atoms with van der Waals surface area (Å²) in [6.45, 7) is -1.08. The Morgan fingerprint density at radius 2 is 0.896 bits per heavy atom. The number of carbonyl (C=O) groups excluding carboxylic acids is 4. The molecule has 0 unspecified atom stereocenters. The largest absolute Gasteiger partial charge is 0.460 e. The van der Waals surface area contributed by atoms with Gasteiger partial charge in [0.25, 0.3) is 10.0 Å². The molecule has 3 rings (SSSR count). The predicted molar refractivity (Wildman–Crippen MR) is 239 cm³/mol. The second-order valence-electron chi connectivity index (χ2n) is 16.9. The topological polar surface area (TPSA) is 196 Å². The van der Waals surface area contributed by atoms with Crippen LogP contribution in [0.2, 0.25) is 0 Å². The first-order valence-electron chi connectivity index (χ1n) is 21.9. The van der Waals surface area contributed by atoms with Crippen LogP contribution in [0.15, 0.2) is 72.8 Å². The molecule has 0 aromatic heterocycles. The molecule has 3 aromatic rings. The average molecular weight is 1160 g/mol. The minimum absolute atomic E-state index is 0.0715. The first kappa shape index (κ1) is 64.7. The average Bonchev–Trinajstić information content (AvgIpc) is 3.32. The van der Waals surface area contributed by atoms with Crippen molar-refractivity contribution in [2.75, 3.05) is 69.4 Å². The molecule has 6 amide bonds. The number of hydrogen-bond acceptors (Lipinski definition) is 8. The molecule has 0 atom stereocenters. The highest BCUT2D eigenvalue weighted by atomic mass is 32.2. The fourth-order valence-corrected chi connectivity index (χ4v) is 7.51. The van der Waals surface area contributed by atoms with E-state index in [1.807, 2.05) is 26.3 Å². The van der Waals surface area contributed by atoms with Gasteiger partial charge in [0.2, 0.25) is 0 Å². The van der Waals surface area contributed by atoms with Crippen molar-refractivity contribution in [3.63, 3.8) is 0 Å². The van der Waals surface area contributed by atoms with Gasteiger partial charge in [0.05, 0.1) is 20.6 Å². The highest BCUT2D eigenvalue weighted by molar-refractivity contribution is 7.90. The summed E-state index contributed by atoms with van der Waals surface area (Å²) in [5.41, 5.74) is 2.24. The molecular weight excluding hydrogens is 1110 g/mol. The van der Waals surface area contributed by atoms with Gasteiger partial charge in [-0.1, -0.05) is 43.3 Å². The number of halogens is 17. The Balaban J connectivity index is 1.52. The van der Waals surface area contributed by atoms with Crippen LogP contribution in [-0.2, 0) is 39.1 Å². The van der Waals surface area contributed by atoms with Crippen molar-refractivity contribution in [2.45, 2.75) is 80.4 Å². The minimum atomic E-state index is -8.99. The number of alkyl halides is 17. The van der Waals surface area contributed by atoms with E-state index >= 15 is 0 Å². The number of amides is 6. The molecule has 0 saturated carbocycles. The lowest BCUT2D eigenvalue weighted by atomic mass is 9.91. The van der Waals surface area contributed by atoms with Gasteiger partial charge in [-0.2, -0.15) is 78.9 Å². The highest BCUT2D eigenvalue weighted by Crippen LogP contribution is 2.64. The van der Waals surface area contributed by atoms with E-state index < -0.39 is 112 Å². The van der Waals surface area contributed by atoms with Gasteiger partial charge in [-0.15, -0.1) is 0 Å². The number of urea groups is 2. The monoisotopic (exact) mass is 1160 g/mol. The number of alkyl carbamates (subject to hydrolysis) is 1. The van der Waals surface area contributed by atoms with Crippen molar-refractivity contribution >= 4 is 51.3 Å². The third-order valence-corrected chi connectivity index (χ3v) is 13.0. The summed E-state index contributed by atoms with van der Waals surface area (Å²) in [6, 6.07) is 17.0. The molecule has 16 nitrogen and oxygen atoms in total. The maximum Gasteiger partial charge on any atom is 0.460 e. The third kappa shape index (κ3) is 14.7. The number of likely N-dealkylation sites (N-methyl/N-ethyl adjacent to an activating group) is 2. The zero-order valence-corrected chi connectivity index (χ0v) is 41.1. The lowest BCUT2D eigenvalue weighted by Crippen LogP contribution is -2.75. The molecule has 0 radical (unpaired) electrons. The quantitative estimate of drug-likeness (QED) is 0.0356. The van der Waals surface area contributed by atoms with Gasteiger partial charge in [-0.25, -0.2) is 27.6 Å². The summed E-state index contributed by atoms with van der Waals surface area (Å²) in [7, 11) is -3.61. The van der Waals surface area contributed by atoms with Gasteiger partial charge in [-0.3, -0.25) is 5.32 Å². The Labute approximate surface area is 426 Å². The molecule has 3 aromatic carbocycles. The molecule has 0 fully saturated rings. The summed E-state index contributed by atoms with van der Waals surface area (Å²) >= 11 is 0. The second-order valence-corrected chi connectivity index (χ2v) is 18.9. The lowest BCUT2D eigenvalue weighted by molar-refractivity contribution is -0.888. The number of benzene rings is 3. The Kier molecular flexibility index (Phi) is 20.5. The van der Waals surface area contributed by atoms with Crippen LogP contribution in [0.5, 0.6) is 0 Å². The summed E-state index contributed by atoms with van der Waals surface area (Å²) in [5, 5.41) is 7.23. The van der Waals surface area contributed by atoms with Gasteiger partial charge < -0.3 is 40.5 Å². The molecule has 0 saturated heterocycles. The molecule has 0 heterocycles. The van der Waals surface area contributed by atoms with Crippen LogP contribution >= 0.6 is 0 Å². The van der Waals surface area contributed by atoms with Gasteiger partial charge in [0, 0.05) is 49.8 Å². The predicted octanol–water partition coefficient (Wildman–Crippen LogP) is 9.82. The van der Waals surface area contributed by atoms with Gasteiger partial charge in [0.15, 0.2) is 0 Å². The van der Waals surface area contributed by atoms with E-state index in [4.69, 9.17) is 4.74 Å². The number of anilines is 3. The molecule has 0 spiro atoms. The molecule has 432 valence electrons.